The van der Waals surface area contributed by atoms with E-state index >= 15 is 0 Å². The van der Waals surface area contributed by atoms with Crippen LogP contribution < -0.4 is 4.72 Å². The van der Waals surface area contributed by atoms with Crippen molar-refractivity contribution in [2.75, 3.05) is 0 Å². The first-order valence-corrected chi connectivity index (χ1v) is 8.32. The van der Waals surface area contributed by atoms with Crippen molar-refractivity contribution in [3.05, 3.63) is 69.7 Å². The van der Waals surface area contributed by atoms with Gasteiger partial charge in [0.1, 0.15) is 0 Å². The van der Waals surface area contributed by atoms with E-state index < -0.39 is 10.0 Å². The Kier molecular flexibility index (Phi) is 5.05. The third-order valence-electron chi connectivity index (χ3n) is 2.71. The minimum Gasteiger partial charge on any atom is -0.212 e. The molecule has 0 saturated heterocycles. The Balaban J connectivity index is 2.01. The van der Waals surface area contributed by atoms with Gasteiger partial charge in [0.2, 0.25) is 10.0 Å². The summed E-state index contributed by atoms with van der Waals surface area (Å²) in [6, 6.07) is 13.8. The van der Waals surface area contributed by atoms with Gasteiger partial charge in [-0.25, -0.2) is 13.1 Å². The van der Waals surface area contributed by atoms with Crippen LogP contribution in [0.2, 0.25) is 10.0 Å². The van der Waals surface area contributed by atoms with Crippen molar-refractivity contribution in [2.24, 2.45) is 0 Å². The number of hydrogen-bond acceptors (Lipinski definition) is 2. The van der Waals surface area contributed by atoms with Crippen molar-refractivity contribution < 1.29 is 8.42 Å². The van der Waals surface area contributed by atoms with Crippen molar-refractivity contribution in [3.8, 4) is 0 Å². The highest BCUT2D eigenvalue weighted by Gasteiger charge is 2.12. The van der Waals surface area contributed by atoms with Crippen LogP contribution in [-0.4, -0.2) is 8.42 Å². The molecule has 0 aliphatic heterocycles. The van der Waals surface area contributed by atoms with Gasteiger partial charge in [-0.1, -0.05) is 53.5 Å². The van der Waals surface area contributed by atoms with Crippen LogP contribution in [0.3, 0.4) is 0 Å². The van der Waals surface area contributed by atoms with Crippen LogP contribution >= 0.6 is 23.2 Å². The smallest absolute Gasteiger partial charge is 0.212 e. The molecule has 0 heterocycles. The van der Waals surface area contributed by atoms with E-state index in [1.165, 1.54) is 0 Å². The molecule has 2 aromatic rings. The highest BCUT2D eigenvalue weighted by molar-refractivity contribution is 7.88. The van der Waals surface area contributed by atoms with Crippen molar-refractivity contribution in [2.45, 2.75) is 12.3 Å². The topological polar surface area (TPSA) is 46.2 Å². The summed E-state index contributed by atoms with van der Waals surface area (Å²) in [5.41, 5.74) is 1.43. The molecule has 0 atom stereocenters. The van der Waals surface area contributed by atoms with Gasteiger partial charge in [-0.15, -0.1) is 0 Å². The Hall–Kier alpha value is -1.07. The predicted molar refractivity (Wildman–Crippen MR) is 82.4 cm³/mol. The summed E-state index contributed by atoms with van der Waals surface area (Å²) in [5.74, 6) is -0.0887. The number of halogens is 2. The molecule has 0 saturated carbocycles. The van der Waals surface area contributed by atoms with Crippen LogP contribution in [0, 0.1) is 0 Å². The zero-order chi connectivity index (χ0) is 14.6. The molecule has 106 valence electrons. The van der Waals surface area contributed by atoms with Gasteiger partial charge in [-0.05, 0) is 29.3 Å². The van der Waals surface area contributed by atoms with Crippen molar-refractivity contribution in [1.82, 2.24) is 4.72 Å². The number of rotatable bonds is 5. The zero-order valence-corrected chi connectivity index (χ0v) is 12.8. The van der Waals surface area contributed by atoms with Crippen LogP contribution in [0.15, 0.2) is 48.5 Å². The minimum atomic E-state index is -3.41. The van der Waals surface area contributed by atoms with Gasteiger partial charge in [-0.2, -0.15) is 0 Å². The van der Waals surface area contributed by atoms with Crippen LogP contribution in [0.25, 0.3) is 0 Å². The summed E-state index contributed by atoms with van der Waals surface area (Å²) in [5, 5.41) is 1.12. The van der Waals surface area contributed by atoms with E-state index in [4.69, 9.17) is 23.2 Å². The Labute approximate surface area is 128 Å². The van der Waals surface area contributed by atoms with Crippen LogP contribution in [0.4, 0.5) is 0 Å². The van der Waals surface area contributed by atoms with E-state index in [9.17, 15) is 8.42 Å². The quantitative estimate of drug-likeness (QED) is 0.910. The van der Waals surface area contributed by atoms with Gasteiger partial charge in [0.25, 0.3) is 0 Å². The maximum atomic E-state index is 12.0. The van der Waals surface area contributed by atoms with Crippen LogP contribution in [0.1, 0.15) is 11.1 Å². The Bertz CT molecular complexity index is 685. The molecule has 2 rings (SSSR count). The standard InChI is InChI=1S/C14H13Cl2NO2S/c15-13-7-5-11(6-8-13)10-20(18,19)17-9-12-3-1-2-4-14(12)16/h1-8,17H,9-10H2. The molecule has 0 aliphatic carbocycles. The molecule has 0 aliphatic rings. The highest BCUT2D eigenvalue weighted by atomic mass is 35.5. The molecule has 6 heteroatoms. The van der Waals surface area contributed by atoms with E-state index in [-0.39, 0.29) is 12.3 Å². The van der Waals surface area contributed by atoms with Crippen molar-refractivity contribution >= 4 is 33.2 Å². The summed E-state index contributed by atoms with van der Waals surface area (Å²) in [4.78, 5) is 0. The predicted octanol–water partition coefficient (Wildman–Crippen LogP) is 3.61. The van der Waals surface area contributed by atoms with Gasteiger partial charge in [0.05, 0.1) is 5.75 Å². The first-order valence-electron chi connectivity index (χ1n) is 5.91. The van der Waals surface area contributed by atoms with Gasteiger partial charge in [0.15, 0.2) is 0 Å². The number of hydrogen-bond donors (Lipinski definition) is 1. The molecule has 3 nitrogen and oxygen atoms in total. The van der Waals surface area contributed by atoms with Gasteiger partial charge < -0.3 is 0 Å². The molecule has 20 heavy (non-hydrogen) atoms. The fraction of sp³-hybridized carbons (Fsp3) is 0.143. The van der Waals surface area contributed by atoms with E-state index in [0.717, 1.165) is 5.56 Å². The number of nitrogens with one attached hydrogen (secondary N) is 1. The summed E-state index contributed by atoms with van der Waals surface area (Å²) >= 11 is 11.7. The first-order chi connectivity index (χ1) is 9.46. The highest BCUT2D eigenvalue weighted by Crippen LogP contribution is 2.15. The molecule has 2 aromatic carbocycles. The second-order valence-corrected chi connectivity index (χ2v) is 6.95. The zero-order valence-electron chi connectivity index (χ0n) is 10.5. The van der Waals surface area contributed by atoms with Gasteiger partial charge in [-0.3, -0.25) is 0 Å². The second kappa shape index (κ2) is 6.59. The van der Waals surface area contributed by atoms with Crippen molar-refractivity contribution in [3.63, 3.8) is 0 Å². The van der Waals surface area contributed by atoms with Gasteiger partial charge >= 0.3 is 0 Å². The average molecular weight is 330 g/mol. The van der Waals surface area contributed by atoms with Crippen LogP contribution in [0.5, 0.6) is 0 Å². The summed E-state index contributed by atoms with van der Waals surface area (Å²) in [6.07, 6.45) is 0. The Morgan fingerprint density at radius 2 is 1.60 bits per heavy atom. The lowest BCUT2D eigenvalue weighted by molar-refractivity contribution is 0.580. The molecule has 0 radical (unpaired) electrons. The van der Waals surface area contributed by atoms with E-state index in [2.05, 4.69) is 4.72 Å². The van der Waals surface area contributed by atoms with Crippen molar-refractivity contribution in [1.29, 1.82) is 0 Å². The summed E-state index contributed by atoms with van der Waals surface area (Å²) < 4.78 is 26.5. The minimum absolute atomic E-state index is 0.0887. The molecule has 0 amide bonds. The molecule has 0 bridgehead atoms. The largest absolute Gasteiger partial charge is 0.216 e. The van der Waals surface area contributed by atoms with E-state index in [1.807, 2.05) is 6.07 Å². The fourth-order valence-corrected chi connectivity index (χ4v) is 3.12. The third-order valence-corrected chi connectivity index (χ3v) is 4.63. The lowest BCUT2D eigenvalue weighted by Gasteiger charge is -2.08. The molecule has 0 spiro atoms. The third kappa shape index (κ3) is 4.49. The van der Waals surface area contributed by atoms with E-state index in [1.54, 1.807) is 42.5 Å². The monoisotopic (exact) mass is 329 g/mol. The number of sulfonamides is 1. The molecular formula is C14H13Cl2NO2S. The molecule has 0 fully saturated rings. The number of benzene rings is 2. The molecule has 1 N–H and O–H groups in total. The SMILES string of the molecule is O=S(=O)(Cc1ccc(Cl)cc1)NCc1ccccc1Cl. The summed E-state index contributed by atoms with van der Waals surface area (Å²) in [7, 11) is -3.41. The Morgan fingerprint density at radius 3 is 2.25 bits per heavy atom. The maximum Gasteiger partial charge on any atom is 0.216 e. The fourth-order valence-electron chi connectivity index (χ4n) is 1.68. The first kappa shape index (κ1) is 15.3. The molecular weight excluding hydrogens is 317 g/mol. The lowest BCUT2D eigenvalue weighted by atomic mass is 10.2. The molecule has 0 unspecified atom stereocenters. The lowest BCUT2D eigenvalue weighted by Crippen LogP contribution is -2.24. The maximum absolute atomic E-state index is 12.0. The van der Waals surface area contributed by atoms with E-state index in [0.29, 0.717) is 15.6 Å². The second-order valence-electron chi connectivity index (χ2n) is 4.30. The van der Waals surface area contributed by atoms with Gasteiger partial charge in [0, 0.05) is 16.6 Å². The normalized spacial score (nSPS) is 11.5. The Morgan fingerprint density at radius 1 is 0.950 bits per heavy atom. The molecule has 0 aromatic heterocycles. The van der Waals surface area contributed by atoms with Crippen LogP contribution in [-0.2, 0) is 22.3 Å². The summed E-state index contributed by atoms with van der Waals surface area (Å²) in [6.45, 7) is 0.176. The average Bonchev–Trinajstić information content (AvgIpc) is 2.40.